The van der Waals surface area contributed by atoms with Gasteiger partial charge in [-0.1, -0.05) is 32.9 Å². The quantitative estimate of drug-likeness (QED) is 0.931. The summed E-state index contributed by atoms with van der Waals surface area (Å²) in [6, 6.07) is 6.37. The lowest BCUT2D eigenvalue weighted by atomic mass is 9.86. The van der Waals surface area contributed by atoms with Crippen LogP contribution in [0.4, 0.5) is 5.69 Å². The van der Waals surface area contributed by atoms with Crippen LogP contribution in [-0.2, 0) is 12.0 Å². The molecule has 0 bridgehead atoms. The highest BCUT2D eigenvalue weighted by molar-refractivity contribution is 5.41. The molecular weight excluding hydrogens is 250 g/mol. The van der Waals surface area contributed by atoms with Crippen molar-refractivity contribution in [2.24, 2.45) is 0 Å². The SMILES string of the molecule is Cc1ccc(C(C)(C)C)c(OCCn2cc(N)cn2)c1. The number of rotatable bonds is 4. The fourth-order valence-electron chi connectivity index (χ4n) is 2.12. The van der Waals surface area contributed by atoms with E-state index in [0.717, 1.165) is 5.75 Å². The summed E-state index contributed by atoms with van der Waals surface area (Å²) in [6.45, 7) is 9.92. The fraction of sp³-hybridized carbons (Fsp3) is 0.438. The van der Waals surface area contributed by atoms with Gasteiger partial charge in [-0.25, -0.2) is 0 Å². The molecule has 2 aromatic rings. The Hall–Kier alpha value is -1.97. The molecule has 0 amide bonds. The van der Waals surface area contributed by atoms with E-state index in [9.17, 15) is 0 Å². The first-order valence-electron chi connectivity index (χ1n) is 6.88. The number of benzene rings is 1. The average molecular weight is 273 g/mol. The second-order valence-electron chi connectivity index (χ2n) is 6.13. The van der Waals surface area contributed by atoms with Crippen LogP contribution in [0.3, 0.4) is 0 Å². The van der Waals surface area contributed by atoms with Gasteiger partial charge in [-0.15, -0.1) is 0 Å². The van der Waals surface area contributed by atoms with E-state index in [1.54, 1.807) is 10.9 Å². The maximum Gasteiger partial charge on any atom is 0.123 e. The van der Waals surface area contributed by atoms with Crippen LogP contribution in [0.1, 0.15) is 31.9 Å². The molecule has 1 heterocycles. The number of nitrogen functional groups attached to an aromatic ring is 1. The maximum absolute atomic E-state index is 5.96. The third-order valence-corrected chi connectivity index (χ3v) is 3.18. The summed E-state index contributed by atoms with van der Waals surface area (Å²) in [4.78, 5) is 0. The van der Waals surface area contributed by atoms with Crippen molar-refractivity contribution in [1.29, 1.82) is 0 Å². The van der Waals surface area contributed by atoms with E-state index in [2.05, 4.69) is 51.0 Å². The van der Waals surface area contributed by atoms with Crippen molar-refractivity contribution in [1.82, 2.24) is 9.78 Å². The van der Waals surface area contributed by atoms with Crippen molar-refractivity contribution >= 4 is 5.69 Å². The van der Waals surface area contributed by atoms with E-state index in [1.807, 2.05) is 6.20 Å². The van der Waals surface area contributed by atoms with Crippen LogP contribution in [0.2, 0.25) is 0 Å². The monoisotopic (exact) mass is 273 g/mol. The molecule has 0 unspecified atom stereocenters. The summed E-state index contributed by atoms with van der Waals surface area (Å²) in [5.74, 6) is 0.956. The molecule has 0 saturated heterocycles. The Bertz CT molecular complexity index is 582. The first-order valence-corrected chi connectivity index (χ1v) is 6.88. The first-order chi connectivity index (χ1) is 9.36. The van der Waals surface area contributed by atoms with Gasteiger partial charge in [0.15, 0.2) is 0 Å². The number of nitrogens with two attached hydrogens (primary N) is 1. The molecule has 0 spiro atoms. The van der Waals surface area contributed by atoms with Crippen LogP contribution in [-0.4, -0.2) is 16.4 Å². The Morgan fingerprint density at radius 3 is 2.65 bits per heavy atom. The molecular formula is C16H23N3O. The van der Waals surface area contributed by atoms with Crippen LogP contribution >= 0.6 is 0 Å². The third kappa shape index (κ3) is 3.53. The van der Waals surface area contributed by atoms with Gasteiger partial charge in [-0.05, 0) is 29.5 Å². The Kier molecular flexibility index (Phi) is 4.02. The van der Waals surface area contributed by atoms with Gasteiger partial charge in [0.1, 0.15) is 12.4 Å². The summed E-state index contributed by atoms with van der Waals surface area (Å²) in [5, 5.41) is 4.15. The van der Waals surface area contributed by atoms with Crippen molar-refractivity contribution in [3.05, 3.63) is 41.7 Å². The summed E-state index contributed by atoms with van der Waals surface area (Å²) < 4.78 is 7.75. The van der Waals surface area contributed by atoms with E-state index < -0.39 is 0 Å². The molecule has 0 saturated carbocycles. The molecule has 0 atom stereocenters. The second-order valence-corrected chi connectivity index (χ2v) is 6.13. The van der Waals surface area contributed by atoms with Crippen LogP contribution in [0.5, 0.6) is 5.75 Å². The Morgan fingerprint density at radius 1 is 1.30 bits per heavy atom. The molecule has 0 radical (unpaired) electrons. The van der Waals surface area contributed by atoms with Crippen molar-refractivity contribution < 1.29 is 4.74 Å². The highest BCUT2D eigenvalue weighted by atomic mass is 16.5. The summed E-state index contributed by atoms with van der Waals surface area (Å²) in [5.41, 5.74) is 8.81. The van der Waals surface area contributed by atoms with Crippen molar-refractivity contribution in [2.45, 2.75) is 39.7 Å². The van der Waals surface area contributed by atoms with E-state index >= 15 is 0 Å². The minimum Gasteiger partial charge on any atom is -0.491 e. The molecule has 2 rings (SSSR count). The number of ether oxygens (including phenoxy) is 1. The first kappa shape index (κ1) is 14.4. The molecule has 1 aromatic carbocycles. The lowest BCUT2D eigenvalue weighted by Crippen LogP contribution is -2.15. The molecule has 1 aromatic heterocycles. The summed E-state index contributed by atoms with van der Waals surface area (Å²) in [6.07, 6.45) is 3.46. The predicted molar refractivity (Wildman–Crippen MR) is 82.0 cm³/mol. The lowest BCUT2D eigenvalue weighted by Gasteiger charge is -2.23. The largest absolute Gasteiger partial charge is 0.491 e. The van der Waals surface area contributed by atoms with Gasteiger partial charge in [-0.3, -0.25) is 4.68 Å². The molecule has 0 aliphatic carbocycles. The van der Waals surface area contributed by atoms with Gasteiger partial charge >= 0.3 is 0 Å². The highest BCUT2D eigenvalue weighted by Crippen LogP contribution is 2.32. The number of anilines is 1. The number of hydrogen-bond donors (Lipinski definition) is 1. The second kappa shape index (κ2) is 5.57. The lowest BCUT2D eigenvalue weighted by molar-refractivity contribution is 0.284. The molecule has 0 fully saturated rings. The van der Waals surface area contributed by atoms with Gasteiger partial charge in [0.2, 0.25) is 0 Å². The van der Waals surface area contributed by atoms with Gasteiger partial charge in [0.25, 0.3) is 0 Å². The minimum atomic E-state index is 0.0686. The van der Waals surface area contributed by atoms with Gasteiger partial charge in [-0.2, -0.15) is 5.10 Å². The topological polar surface area (TPSA) is 53.1 Å². The minimum absolute atomic E-state index is 0.0686. The molecule has 4 nitrogen and oxygen atoms in total. The Balaban J connectivity index is 2.06. The zero-order valence-electron chi connectivity index (χ0n) is 12.7. The highest BCUT2D eigenvalue weighted by Gasteiger charge is 2.18. The molecule has 108 valence electrons. The molecule has 2 N–H and O–H groups in total. The molecule has 0 aliphatic heterocycles. The van der Waals surface area contributed by atoms with E-state index in [0.29, 0.717) is 18.8 Å². The standard InChI is InChI=1S/C16H23N3O/c1-12-5-6-14(16(2,3)4)15(9-12)20-8-7-19-11-13(17)10-18-19/h5-6,9-11H,7-8,17H2,1-4H3. The number of nitrogens with zero attached hydrogens (tertiary/aromatic N) is 2. The average Bonchev–Trinajstić information content (AvgIpc) is 2.73. The van der Waals surface area contributed by atoms with Crippen molar-refractivity contribution in [3.8, 4) is 5.75 Å². The number of aryl methyl sites for hydroxylation is 1. The maximum atomic E-state index is 5.96. The van der Waals surface area contributed by atoms with Crippen LogP contribution < -0.4 is 10.5 Å². The zero-order valence-corrected chi connectivity index (χ0v) is 12.7. The van der Waals surface area contributed by atoms with E-state index in [-0.39, 0.29) is 5.41 Å². The zero-order chi connectivity index (χ0) is 14.8. The van der Waals surface area contributed by atoms with Gasteiger partial charge in [0, 0.05) is 6.20 Å². The summed E-state index contributed by atoms with van der Waals surface area (Å²) in [7, 11) is 0. The molecule has 0 aliphatic rings. The smallest absolute Gasteiger partial charge is 0.123 e. The fourth-order valence-corrected chi connectivity index (χ4v) is 2.12. The summed E-state index contributed by atoms with van der Waals surface area (Å²) >= 11 is 0. The van der Waals surface area contributed by atoms with Crippen molar-refractivity contribution in [2.75, 3.05) is 12.3 Å². The third-order valence-electron chi connectivity index (χ3n) is 3.18. The normalized spacial score (nSPS) is 11.6. The Morgan fingerprint density at radius 2 is 2.05 bits per heavy atom. The predicted octanol–water partition coefficient (Wildman–Crippen LogP) is 3.15. The van der Waals surface area contributed by atoms with Crippen LogP contribution in [0.25, 0.3) is 0 Å². The van der Waals surface area contributed by atoms with Crippen LogP contribution in [0, 0.1) is 6.92 Å². The molecule has 4 heteroatoms. The number of aromatic nitrogens is 2. The Labute approximate surface area is 120 Å². The van der Waals surface area contributed by atoms with Crippen molar-refractivity contribution in [3.63, 3.8) is 0 Å². The van der Waals surface area contributed by atoms with E-state index in [1.165, 1.54) is 11.1 Å². The number of hydrogen-bond acceptors (Lipinski definition) is 3. The molecule has 20 heavy (non-hydrogen) atoms. The van der Waals surface area contributed by atoms with Gasteiger partial charge in [0.05, 0.1) is 18.4 Å². The van der Waals surface area contributed by atoms with Gasteiger partial charge < -0.3 is 10.5 Å². The van der Waals surface area contributed by atoms with E-state index in [4.69, 9.17) is 10.5 Å². The van der Waals surface area contributed by atoms with Crippen LogP contribution in [0.15, 0.2) is 30.6 Å².